The minimum absolute atomic E-state index is 0.152. The number of carbonyl (C=O) groups excluding carboxylic acids is 2. The number of ether oxygens (including phenoxy) is 1. The number of nitrogens with one attached hydrogen (secondary N) is 1. The fraction of sp³-hybridized carbons (Fsp3) is 0.263. The SMILES string of the molecule is COC(=O)c1ccc(C(=O)NC2(c3ccc(Cl)cc3)CCC2)cc1. The van der Waals surface area contributed by atoms with Crippen molar-refractivity contribution in [3.8, 4) is 0 Å². The molecule has 1 aliphatic carbocycles. The lowest BCUT2D eigenvalue weighted by atomic mass is 9.71. The number of esters is 1. The first-order valence-corrected chi connectivity index (χ1v) is 8.19. The molecule has 1 saturated carbocycles. The van der Waals surface area contributed by atoms with Crippen LogP contribution in [0.3, 0.4) is 0 Å². The Morgan fingerprint density at radius 3 is 2.08 bits per heavy atom. The van der Waals surface area contributed by atoms with Gasteiger partial charge in [0.15, 0.2) is 0 Å². The summed E-state index contributed by atoms with van der Waals surface area (Å²) in [4.78, 5) is 24.0. The van der Waals surface area contributed by atoms with Crippen LogP contribution in [0.2, 0.25) is 5.02 Å². The van der Waals surface area contributed by atoms with Crippen molar-refractivity contribution in [3.63, 3.8) is 0 Å². The van der Waals surface area contributed by atoms with Crippen molar-refractivity contribution in [2.75, 3.05) is 7.11 Å². The lowest BCUT2D eigenvalue weighted by molar-refractivity contribution is 0.0600. The molecular weight excluding hydrogens is 326 g/mol. The molecule has 0 aromatic heterocycles. The Morgan fingerprint density at radius 1 is 1.00 bits per heavy atom. The molecule has 0 spiro atoms. The fourth-order valence-corrected chi connectivity index (χ4v) is 3.08. The van der Waals surface area contributed by atoms with E-state index >= 15 is 0 Å². The molecule has 1 amide bonds. The number of halogens is 1. The molecule has 0 saturated heterocycles. The van der Waals surface area contributed by atoms with E-state index in [9.17, 15) is 9.59 Å². The van der Waals surface area contributed by atoms with Crippen LogP contribution < -0.4 is 5.32 Å². The quantitative estimate of drug-likeness (QED) is 0.855. The van der Waals surface area contributed by atoms with E-state index in [1.807, 2.05) is 24.3 Å². The van der Waals surface area contributed by atoms with Crippen molar-refractivity contribution < 1.29 is 14.3 Å². The number of carbonyl (C=O) groups is 2. The van der Waals surface area contributed by atoms with Crippen LogP contribution in [0.25, 0.3) is 0 Å². The lowest BCUT2D eigenvalue weighted by Gasteiger charge is -2.43. The van der Waals surface area contributed by atoms with E-state index in [2.05, 4.69) is 10.1 Å². The number of hydrogen-bond acceptors (Lipinski definition) is 3. The van der Waals surface area contributed by atoms with E-state index in [1.165, 1.54) is 7.11 Å². The summed E-state index contributed by atoms with van der Waals surface area (Å²) in [5.41, 5.74) is 1.67. The van der Waals surface area contributed by atoms with Gasteiger partial charge in [-0.15, -0.1) is 0 Å². The van der Waals surface area contributed by atoms with E-state index in [0.29, 0.717) is 16.1 Å². The van der Waals surface area contributed by atoms with Crippen molar-refractivity contribution in [2.24, 2.45) is 0 Å². The number of rotatable bonds is 4. The topological polar surface area (TPSA) is 55.4 Å². The predicted octanol–water partition coefficient (Wildman–Crippen LogP) is 3.94. The molecule has 3 rings (SSSR count). The Balaban J connectivity index is 1.77. The first-order chi connectivity index (χ1) is 11.5. The van der Waals surface area contributed by atoms with Gasteiger partial charge in [-0.05, 0) is 61.2 Å². The number of methoxy groups -OCH3 is 1. The second-order valence-electron chi connectivity index (χ2n) is 5.97. The molecule has 5 heteroatoms. The molecule has 0 atom stereocenters. The summed E-state index contributed by atoms with van der Waals surface area (Å²) in [6.07, 6.45) is 2.88. The van der Waals surface area contributed by atoms with Crippen molar-refractivity contribution >= 4 is 23.5 Å². The van der Waals surface area contributed by atoms with Gasteiger partial charge in [0.05, 0.1) is 18.2 Å². The van der Waals surface area contributed by atoms with E-state index in [4.69, 9.17) is 11.6 Å². The van der Waals surface area contributed by atoms with Crippen LogP contribution in [0, 0.1) is 0 Å². The van der Waals surface area contributed by atoms with E-state index in [0.717, 1.165) is 24.8 Å². The minimum atomic E-state index is -0.418. The third-order valence-corrected chi connectivity index (χ3v) is 4.78. The first-order valence-electron chi connectivity index (χ1n) is 7.81. The number of hydrogen-bond donors (Lipinski definition) is 1. The van der Waals surface area contributed by atoms with Crippen LogP contribution >= 0.6 is 11.6 Å². The zero-order valence-electron chi connectivity index (χ0n) is 13.3. The van der Waals surface area contributed by atoms with Gasteiger partial charge in [-0.1, -0.05) is 23.7 Å². The zero-order chi connectivity index (χ0) is 17.2. The van der Waals surface area contributed by atoms with Crippen LogP contribution in [-0.4, -0.2) is 19.0 Å². The monoisotopic (exact) mass is 343 g/mol. The van der Waals surface area contributed by atoms with Gasteiger partial charge in [0, 0.05) is 10.6 Å². The van der Waals surface area contributed by atoms with Crippen LogP contribution in [0.5, 0.6) is 0 Å². The summed E-state index contributed by atoms with van der Waals surface area (Å²) in [7, 11) is 1.33. The molecule has 0 bridgehead atoms. The van der Waals surface area contributed by atoms with E-state index in [-0.39, 0.29) is 11.4 Å². The molecule has 24 heavy (non-hydrogen) atoms. The van der Waals surface area contributed by atoms with E-state index in [1.54, 1.807) is 24.3 Å². The Kier molecular flexibility index (Phi) is 4.58. The highest BCUT2D eigenvalue weighted by Gasteiger charge is 2.40. The first kappa shape index (κ1) is 16.5. The maximum absolute atomic E-state index is 12.6. The van der Waals surface area contributed by atoms with Gasteiger partial charge in [-0.3, -0.25) is 4.79 Å². The molecule has 124 valence electrons. The standard InChI is InChI=1S/C19H18ClNO3/c1-24-18(23)14-5-3-13(4-6-14)17(22)21-19(11-2-12-19)15-7-9-16(20)10-8-15/h3-10H,2,11-12H2,1H3,(H,21,22). The third kappa shape index (κ3) is 3.15. The zero-order valence-corrected chi connectivity index (χ0v) is 14.1. The van der Waals surface area contributed by atoms with Crippen LogP contribution in [0.1, 0.15) is 45.5 Å². The number of benzene rings is 2. The summed E-state index contributed by atoms with van der Waals surface area (Å²) >= 11 is 5.95. The molecule has 1 N–H and O–H groups in total. The Hall–Kier alpha value is -2.33. The van der Waals surface area contributed by atoms with Gasteiger partial charge in [-0.25, -0.2) is 4.79 Å². The molecule has 0 unspecified atom stereocenters. The summed E-state index contributed by atoms with van der Waals surface area (Å²) in [5, 5.41) is 3.83. The van der Waals surface area contributed by atoms with Crippen LogP contribution in [0.4, 0.5) is 0 Å². The largest absolute Gasteiger partial charge is 0.465 e. The minimum Gasteiger partial charge on any atom is -0.465 e. The van der Waals surface area contributed by atoms with Gasteiger partial charge in [0.25, 0.3) is 5.91 Å². The van der Waals surface area contributed by atoms with Gasteiger partial charge < -0.3 is 10.1 Å². The second kappa shape index (κ2) is 6.65. The highest BCUT2D eigenvalue weighted by atomic mass is 35.5. The van der Waals surface area contributed by atoms with Gasteiger partial charge in [-0.2, -0.15) is 0 Å². The fourth-order valence-electron chi connectivity index (χ4n) is 2.95. The molecule has 0 radical (unpaired) electrons. The maximum Gasteiger partial charge on any atom is 0.337 e. The molecule has 1 aliphatic rings. The summed E-state index contributed by atoms with van der Waals surface area (Å²) in [6.45, 7) is 0. The summed E-state index contributed by atoms with van der Waals surface area (Å²) < 4.78 is 4.66. The van der Waals surface area contributed by atoms with E-state index < -0.39 is 5.97 Å². The van der Waals surface area contributed by atoms with Gasteiger partial charge in [0.1, 0.15) is 0 Å². The summed E-state index contributed by atoms with van der Waals surface area (Å²) in [6, 6.07) is 14.1. The van der Waals surface area contributed by atoms with Crippen LogP contribution in [-0.2, 0) is 10.3 Å². The van der Waals surface area contributed by atoms with Crippen molar-refractivity contribution in [1.82, 2.24) is 5.32 Å². The van der Waals surface area contributed by atoms with Crippen molar-refractivity contribution in [1.29, 1.82) is 0 Å². The number of amides is 1. The third-order valence-electron chi connectivity index (χ3n) is 4.52. The summed E-state index contributed by atoms with van der Waals surface area (Å²) in [5.74, 6) is -0.570. The molecule has 4 nitrogen and oxygen atoms in total. The normalized spacial score (nSPS) is 15.2. The highest BCUT2D eigenvalue weighted by molar-refractivity contribution is 6.30. The van der Waals surface area contributed by atoms with Crippen molar-refractivity contribution in [2.45, 2.75) is 24.8 Å². The molecule has 1 fully saturated rings. The Labute approximate surface area is 145 Å². The average molecular weight is 344 g/mol. The smallest absolute Gasteiger partial charge is 0.337 e. The Bertz CT molecular complexity index is 749. The molecule has 0 aliphatic heterocycles. The molecule has 2 aromatic carbocycles. The predicted molar refractivity (Wildman–Crippen MR) is 92.2 cm³/mol. The van der Waals surface area contributed by atoms with Gasteiger partial charge in [0.2, 0.25) is 0 Å². The molecule has 2 aromatic rings. The average Bonchev–Trinajstić information content (AvgIpc) is 2.58. The maximum atomic E-state index is 12.6. The Morgan fingerprint density at radius 2 is 1.58 bits per heavy atom. The van der Waals surface area contributed by atoms with Crippen molar-refractivity contribution in [3.05, 3.63) is 70.2 Å². The van der Waals surface area contributed by atoms with Gasteiger partial charge >= 0.3 is 5.97 Å². The van der Waals surface area contributed by atoms with Crippen LogP contribution in [0.15, 0.2) is 48.5 Å². The second-order valence-corrected chi connectivity index (χ2v) is 6.40. The highest BCUT2D eigenvalue weighted by Crippen LogP contribution is 2.41. The lowest BCUT2D eigenvalue weighted by Crippen LogP contribution is -2.50. The molecule has 0 heterocycles. The molecular formula is C19H18ClNO3.